The molecule has 1 aromatic rings. The van der Waals surface area contributed by atoms with E-state index in [-0.39, 0.29) is 6.10 Å². The number of rotatable bonds is 2. The van der Waals surface area contributed by atoms with Gasteiger partial charge in [-0.3, -0.25) is 0 Å². The third kappa shape index (κ3) is 2.64. The third-order valence-corrected chi connectivity index (χ3v) is 4.52. The van der Waals surface area contributed by atoms with Crippen LogP contribution in [0.15, 0.2) is 24.3 Å². The highest BCUT2D eigenvalue weighted by Gasteiger charge is 2.39. The lowest BCUT2D eigenvalue weighted by atomic mass is 10.0. The van der Waals surface area contributed by atoms with E-state index in [4.69, 9.17) is 4.74 Å². The lowest BCUT2D eigenvalue weighted by Gasteiger charge is -2.36. The zero-order valence-corrected chi connectivity index (χ0v) is 11.4. The first kappa shape index (κ1) is 13.7. The monoisotopic (exact) mass is 285 g/mol. The summed E-state index contributed by atoms with van der Waals surface area (Å²) >= 11 is 0. The van der Waals surface area contributed by atoms with Crippen molar-refractivity contribution in [1.82, 2.24) is 4.90 Å². The summed E-state index contributed by atoms with van der Waals surface area (Å²) < 4.78 is 43.8. The summed E-state index contributed by atoms with van der Waals surface area (Å²) in [7, 11) is 2.13. The van der Waals surface area contributed by atoms with E-state index in [9.17, 15) is 13.2 Å². The molecule has 2 saturated heterocycles. The van der Waals surface area contributed by atoms with E-state index < -0.39 is 11.7 Å². The largest absolute Gasteiger partial charge is 0.490 e. The minimum Gasteiger partial charge on any atom is -0.490 e. The first-order valence-electron chi connectivity index (χ1n) is 6.99. The molecule has 2 aliphatic rings. The topological polar surface area (TPSA) is 12.5 Å². The number of nitrogens with zero attached hydrogens (tertiary/aromatic N) is 1. The summed E-state index contributed by atoms with van der Waals surface area (Å²) in [5, 5.41) is 0. The average Bonchev–Trinajstić information content (AvgIpc) is 2.62. The summed E-state index contributed by atoms with van der Waals surface area (Å²) in [6.45, 7) is 0. The molecule has 1 aromatic carbocycles. The number of hydrogen-bond acceptors (Lipinski definition) is 2. The standard InChI is InChI=1S/C15H18F3NO/c1-19-11-5-6-12(19)9-14(8-11)20-13-4-2-3-10(7-13)15(16,17)18/h2-4,7,11-12,14H,5-6,8-9H2,1H3/t11-,12+,14?. The zero-order chi connectivity index (χ0) is 14.3. The second kappa shape index (κ2) is 4.95. The molecule has 0 spiro atoms. The molecular weight excluding hydrogens is 267 g/mol. The van der Waals surface area contributed by atoms with Crippen LogP contribution in [0.1, 0.15) is 31.2 Å². The van der Waals surface area contributed by atoms with Crippen LogP contribution in [0.4, 0.5) is 13.2 Å². The molecule has 0 saturated carbocycles. The molecular formula is C15H18F3NO. The van der Waals surface area contributed by atoms with Gasteiger partial charge in [-0.05, 0) is 50.9 Å². The van der Waals surface area contributed by atoms with Gasteiger partial charge in [0.25, 0.3) is 0 Å². The first-order chi connectivity index (χ1) is 9.43. The highest BCUT2D eigenvalue weighted by Crippen LogP contribution is 2.37. The molecule has 0 amide bonds. The van der Waals surface area contributed by atoms with Gasteiger partial charge in [0.05, 0.1) is 5.56 Å². The van der Waals surface area contributed by atoms with E-state index in [0.717, 1.165) is 25.0 Å². The van der Waals surface area contributed by atoms with Crippen molar-refractivity contribution in [2.75, 3.05) is 7.05 Å². The number of alkyl halides is 3. The fourth-order valence-electron chi connectivity index (χ4n) is 3.40. The Balaban J connectivity index is 1.70. The molecule has 1 unspecified atom stereocenters. The molecule has 2 aliphatic heterocycles. The Bertz CT molecular complexity index is 474. The second-order valence-corrected chi connectivity index (χ2v) is 5.79. The predicted molar refractivity (Wildman–Crippen MR) is 69.7 cm³/mol. The molecule has 2 nitrogen and oxygen atoms in total. The number of fused-ring (bicyclic) bond motifs is 2. The van der Waals surface area contributed by atoms with Crippen LogP contribution in [0.5, 0.6) is 5.75 Å². The number of hydrogen-bond donors (Lipinski definition) is 0. The molecule has 2 fully saturated rings. The van der Waals surface area contributed by atoms with Gasteiger partial charge in [0.2, 0.25) is 0 Å². The number of benzene rings is 1. The van der Waals surface area contributed by atoms with Crippen LogP contribution in [0.25, 0.3) is 0 Å². The Morgan fingerprint density at radius 2 is 1.80 bits per heavy atom. The summed E-state index contributed by atoms with van der Waals surface area (Å²) in [5.41, 5.74) is -0.647. The van der Waals surface area contributed by atoms with Gasteiger partial charge in [0.15, 0.2) is 0 Å². The molecule has 2 bridgehead atoms. The van der Waals surface area contributed by atoms with Crippen LogP contribution in [-0.4, -0.2) is 30.1 Å². The van der Waals surface area contributed by atoms with Crippen molar-refractivity contribution in [2.24, 2.45) is 0 Å². The number of ether oxygens (including phenoxy) is 1. The Hall–Kier alpha value is -1.23. The van der Waals surface area contributed by atoms with Gasteiger partial charge in [-0.2, -0.15) is 13.2 Å². The quantitative estimate of drug-likeness (QED) is 0.821. The van der Waals surface area contributed by atoms with Gasteiger partial charge in [0.1, 0.15) is 11.9 Å². The minimum atomic E-state index is -4.31. The van der Waals surface area contributed by atoms with Crippen LogP contribution in [0, 0.1) is 0 Å². The number of piperidine rings is 1. The SMILES string of the molecule is CN1[C@@H]2CC[C@H]1CC(Oc1cccc(C(F)(F)F)c1)C2. The second-order valence-electron chi connectivity index (χ2n) is 5.79. The molecule has 0 aromatic heterocycles. The van der Waals surface area contributed by atoms with Crippen LogP contribution in [-0.2, 0) is 6.18 Å². The van der Waals surface area contributed by atoms with E-state index >= 15 is 0 Å². The van der Waals surface area contributed by atoms with E-state index in [0.29, 0.717) is 17.8 Å². The maximum Gasteiger partial charge on any atom is 0.416 e. The third-order valence-electron chi connectivity index (χ3n) is 4.52. The molecule has 0 N–H and O–H groups in total. The van der Waals surface area contributed by atoms with Crippen molar-refractivity contribution in [3.8, 4) is 5.75 Å². The lowest BCUT2D eigenvalue weighted by molar-refractivity contribution is -0.137. The van der Waals surface area contributed by atoms with Crippen molar-refractivity contribution in [3.05, 3.63) is 29.8 Å². The van der Waals surface area contributed by atoms with Gasteiger partial charge in [-0.15, -0.1) is 0 Å². The predicted octanol–water partition coefficient (Wildman–Crippen LogP) is 3.71. The highest BCUT2D eigenvalue weighted by atomic mass is 19.4. The summed E-state index contributed by atoms with van der Waals surface area (Å²) in [6.07, 6.45) is -0.127. The summed E-state index contributed by atoms with van der Waals surface area (Å²) in [6, 6.07) is 6.22. The Kier molecular flexibility index (Phi) is 3.40. The minimum absolute atomic E-state index is 0.0344. The molecule has 0 radical (unpaired) electrons. The fourth-order valence-corrected chi connectivity index (χ4v) is 3.40. The van der Waals surface area contributed by atoms with Crippen LogP contribution in [0.3, 0.4) is 0 Å². The van der Waals surface area contributed by atoms with Crippen LogP contribution in [0.2, 0.25) is 0 Å². The Labute approximate surface area is 116 Å². The van der Waals surface area contributed by atoms with Gasteiger partial charge in [-0.25, -0.2) is 0 Å². The zero-order valence-electron chi connectivity index (χ0n) is 11.4. The first-order valence-corrected chi connectivity index (χ1v) is 6.99. The van der Waals surface area contributed by atoms with Crippen molar-refractivity contribution < 1.29 is 17.9 Å². The van der Waals surface area contributed by atoms with Gasteiger partial charge < -0.3 is 9.64 Å². The van der Waals surface area contributed by atoms with Crippen molar-refractivity contribution in [1.29, 1.82) is 0 Å². The van der Waals surface area contributed by atoms with Crippen molar-refractivity contribution in [2.45, 2.75) is 50.0 Å². The average molecular weight is 285 g/mol. The maximum absolute atomic E-state index is 12.7. The molecule has 2 heterocycles. The summed E-state index contributed by atoms with van der Waals surface area (Å²) in [5.74, 6) is 0.328. The Morgan fingerprint density at radius 3 is 2.40 bits per heavy atom. The van der Waals surface area contributed by atoms with E-state index in [1.807, 2.05) is 0 Å². The smallest absolute Gasteiger partial charge is 0.416 e. The molecule has 20 heavy (non-hydrogen) atoms. The van der Waals surface area contributed by atoms with Crippen molar-refractivity contribution >= 4 is 0 Å². The molecule has 0 aliphatic carbocycles. The number of halogens is 3. The lowest BCUT2D eigenvalue weighted by Crippen LogP contribution is -2.43. The van der Waals surface area contributed by atoms with Crippen LogP contribution < -0.4 is 4.74 Å². The van der Waals surface area contributed by atoms with Crippen LogP contribution >= 0.6 is 0 Å². The fraction of sp³-hybridized carbons (Fsp3) is 0.600. The maximum atomic E-state index is 12.7. The molecule has 3 atom stereocenters. The van der Waals surface area contributed by atoms with Gasteiger partial charge in [-0.1, -0.05) is 6.07 Å². The van der Waals surface area contributed by atoms with Crippen molar-refractivity contribution in [3.63, 3.8) is 0 Å². The van der Waals surface area contributed by atoms with E-state index in [1.165, 1.54) is 18.9 Å². The van der Waals surface area contributed by atoms with E-state index in [1.54, 1.807) is 6.07 Å². The Morgan fingerprint density at radius 1 is 1.15 bits per heavy atom. The van der Waals surface area contributed by atoms with E-state index in [2.05, 4.69) is 11.9 Å². The van der Waals surface area contributed by atoms with Gasteiger partial charge in [0, 0.05) is 12.1 Å². The van der Waals surface area contributed by atoms with Gasteiger partial charge >= 0.3 is 6.18 Å². The molecule has 3 rings (SSSR count). The molecule has 110 valence electrons. The summed E-state index contributed by atoms with van der Waals surface area (Å²) in [4.78, 5) is 2.38. The molecule has 5 heteroatoms. The normalized spacial score (nSPS) is 30.5. The highest BCUT2D eigenvalue weighted by molar-refractivity contribution is 5.30.